The van der Waals surface area contributed by atoms with E-state index in [9.17, 15) is 21.6 Å². The molecular formula is C11H15F3N2O3S2. The zero-order valence-electron chi connectivity index (χ0n) is 10.9. The minimum absolute atomic E-state index is 0.0420. The molecule has 120 valence electrons. The molecule has 0 saturated carbocycles. The summed E-state index contributed by atoms with van der Waals surface area (Å²) in [4.78, 5) is -0.0420. The Labute approximate surface area is 125 Å². The normalized spacial score (nSPS) is 12.4. The molecule has 0 atom stereocenters. The van der Waals surface area contributed by atoms with E-state index in [0.717, 1.165) is 0 Å². The number of thioether (sulfide) groups is 1. The van der Waals surface area contributed by atoms with Crippen molar-refractivity contribution in [2.24, 2.45) is 5.73 Å². The van der Waals surface area contributed by atoms with Crippen LogP contribution in [0, 0.1) is 0 Å². The summed E-state index contributed by atoms with van der Waals surface area (Å²) in [5, 5.41) is 0. The first-order valence-corrected chi connectivity index (χ1v) is 8.35. The number of ether oxygens (including phenoxy) is 1. The van der Waals surface area contributed by atoms with E-state index < -0.39 is 15.5 Å². The SMILES string of the molecule is NCCOc1ccc(S(=O)(=O)NCCSC(F)(F)F)cc1. The summed E-state index contributed by atoms with van der Waals surface area (Å²) in [6, 6.07) is 5.53. The third kappa shape index (κ3) is 7.02. The summed E-state index contributed by atoms with van der Waals surface area (Å²) in [6.07, 6.45) is 0. The van der Waals surface area contributed by atoms with Crippen LogP contribution < -0.4 is 15.2 Å². The molecule has 1 aromatic carbocycles. The number of rotatable bonds is 8. The van der Waals surface area contributed by atoms with Crippen molar-refractivity contribution in [2.75, 3.05) is 25.4 Å². The van der Waals surface area contributed by atoms with E-state index in [2.05, 4.69) is 4.72 Å². The van der Waals surface area contributed by atoms with Crippen LogP contribution in [0.15, 0.2) is 29.2 Å². The van der Waals surface area contributed by atoms with Gasteiger partial charge in [0.1, 0.15) is 12.4 Å². The van der Waals surface area contributed by atoms with Gasteiger partial charge in [-0.3, -0.25) is 0 Å². The predicted molar refractivity (Wildman–Crippen MR) is 74.7 cm³/mol. The second-order valence-electron chi connectivity index (χ2n) is 3.80. The van der Waals surface area contributed by atoms with Gasteiger partial charge in [0.2, 0.25) is 10.0 Å². The van der Waals surface area contributed by atoms with Crippen molar-refractivity contribution in [3.8, 4) is 5.75 Å². The maximum absolute atomic E-state index is 11.9. The van der Waals surface area contributed by atoms with Crippen molar-refractivity contribution in [3.63, 3.8) is 0 Å². The lowest BCUT2D eigenvalue weighted by molar-refractivity contribution is -0.0327. The third-order valence-corrected chi connectivity index (χ3v) is 4.39. The lowest BCUT2D eigenvalue weighted by Crippen LogP contribution is -2.26. The molecule has 21 heavy (non-hydrogen) atoms. The smallest absolute Gasteiger partial charge is 0.441 e. The highest BCUT2D eigenvalue weighted by Gasteiger charge is 2.27. The Bertz CT molecular complexity index is 533. The molecule has 0 aliphatic carbocycles. The summed E-state index contributed by atoms with van der Waals surface area (Å²) in [7, 11) is -3.83. The highest BCUT2D eigenvalue weighted by molar-refractivity contribution is 8.00. The Morgan fingerprint density at radius 3 is 2.38 bits per heavy atom. The van der Waals surface area contributed by atoms with E-state index in [1.54, 1.807) is 0 Å². The molecule has 0 unspecified atom stereocenters. The van der Waals surface area contributed by atoms with Gasteiger partial charge >= 0.3 is 5.51 Å². The molecule has 0 saturated heterocycles. The number of alkyl halides is 3. The molecule has 0 heterocycles. The molecule has 5 nitrogen and oxygen atoms in total. The number of halogens is 3. The topological polar surface area (TPSA) is 81.4 Å². The van der Waals surface area contributed by atoms with E-state index in [0.29, 0.717) is 18.9 Å². The van der Waals surface area contributed by atoms with Crippen LogP contribution in [0.25, 0.3) is 0 Å². The Morgan fingerprint density at radius 2 is 1.86 bits per heavy atom. The average Bonchev–Trinajstić information content (AvgIpc) is 2.41. The number of benzene rings is 1. The van der Waals surface area contributed by atoms with Crippen molar-refractivity contribution in [2.45, 2.75) is 10.4 Å². The summed E-state index contributed by atoms with van der Waals surface area (Å²) in [6.45, 7) is 0.329. The van der Waals surface area contributed by atoms with Gasteiger partial charge < -0.3 is 10.5 Å². The van der Waals surface area contributed by atoms with Crippen molar-refractivity contribution >= 4 is 21.8 Å². The maximum atomic E-state index is 11.9. The van der Waals surface area contributed by atoms with Crippen LogP contribution in [-0.4, -0.2) is 39.4 Å². The number of sulfonamides is 1. The van der Waals surface area contributed by atoms with Gasteiger partial charge in [0, 0.05) is 18.8 Å². The molecular weight excluding hydrogens is 329 g/mol. The summed E-state index contributed by atoms with van der Waals surface area (Å²) >= 11 is -0.278. The molecule has 3 N–H and O–H groups in total. The van der Waals surface area contributed by atoms with Crippen LogP contribution in [0.2, 0.25) is 0 Å². The first-order chi connectivity index (χ1) is 9.74. The number of nitrogens with one attached hydrogen (secondary N) is 1. The molecule has 0 aliphatic rings. The predicted octanol–water partition coefficient (Wildman–Crippen LogP) is 1.56. The third-order valence-electron chi connectivity index (χ3n) is 2.18. The fourth-order valence-electron chi connectivity index (χ4n) is 1.32. The maximum Gasteiger partial charge on any atom is 0.441 e. The average molecular weight is 344 g/mol. The quantitative estimate of drug-likeness (QED) is 0.700. The molecule has 1 aromatic rings. The minimum Gasteiger partial charge on any atom is -0.492 e. The van der Waals surface area contributed by atoms with E-state index in [4.69, 9.17) is 10.5 Å². The molecule has 0 fully saturated rings. The molecule has 10 heteroatoms. The highest BCUT2D eigenvalue weighted by Crippen LogP contribution is 2.29. The van der Waals surface area contributed by atoms with E-state index >= 15 is 0 Å². The zero-order valence-corrected chi connectivity index (χ0v) is 12.5. The largest absolute Gasteiger partial charge is 0.492 e. The standard InChI is InChI=1S/C11H15F3N2O3S2/c12-11(13,14)20-8-6-16-21(17,18)10-3-1-9(2-4-10)19-7-5-15/h1-4,16H,5-8,15H2. The van der Waals surface area contributed by atoms with Crippen molar-refractivity contribution in [3.05, 3.63) is 24.3 Å². The Morgan fingerprint density at radius 1 is 1.24 bits per heavy atom. The first-order valence-electron chi connectivity index (χ1n) is 5.88. The Hall–Kier alpha value is -0.970. The van der Waals surface area contributed by atoms with Gasteiger partial charge in [-0.2, -0.15) is 13.2 Å². The lowest BCUT2D eigenvalue weighted by atomic mass is 10.3. The van der Waals surface area contributed by atoms with Crippen molar-refractivity contribution in [1.29, 1.82) is 0 Å². The summed E-state index contributed by atoms with van der Waals surface area (Å²) in [5.74, 6) is 0.0764. The van der Waals surface area contributed by atoms with Crippen LogP contribution in [0.1, 0.15) is 0 Å². The van der Waals surface area contributed by atoms with Gasteiger partial charge in [-0.05, 0) is 36.0 Å². The van der Waals surface area contributed by atoms with Crippen molar-refractivity contribution < 1.29 is 26.3 Å². The minimum atomic E-state index is -4.37. The monoisotopic (exact) mass is 344 g/mol. The Kier molecular flexibility index (Phi) is 6.78. The Balaban J connectivity index is 2.54. The fraction of sp³-hybridized carbons (Fsp3) is 0.455. The molecule has 0 aromatic heterocycles. The molecule has 0 aliphatic heterocycles. The van der Waals surface area contributed by atoms with Crippen LogP contribution in [0.4, 0.5) is 13.2 Å². The van der Waals surface area contributed by atoms with Crippen LogP contribution in [0.3, 0.4) is 0 Å². The van der Waals surface area contributed by atoms with Crippen LogP contribution in [-0.2, 0) is 10.0 Å². The van der Waals surface area contributed by atoms with Gasteiger partial charge in [0.15, 0.2) is 0 Å². The molecule has 0 radical (unpaired) electrons. The van der Waals surface area contributed by atoms with Gasteiger partial charge in [-0.25, -0.2) is 13.1 Å². The number of nitrogens with two attached hydrogens (primary N) is 1. The number of hydrogen-bond donors (Lipinski definition) is 2. The number of hydrogen-bond acceptors (Lipinski definition) is 5. The van der Waals surface area contributed by atoms with Gasteiger partial charge in [-0.1, -0.05) is 0 Å². The van der Waals surface area contributed by atoms with Gasteiger partial charge in [0.05, 0.1) is 4.90 Å². The fourth-order valence-corrected chi connectivity index (χ4v) is 2.91. The van der Waals surface area contributed by atoms with Gasteiger partial charge in [-0.15, -0.1) is 0 Å². The zero-order chi connectivity index (χ0) is 15.9. The molecule has 0 bridgehead atoms. The van der Waals surface area contributed by atoms with Crippen molar-refractivity contribution in [1.82, 2.24) is 4.72 Å². The van der Waals surface area contributed by atoms with E-state index in [-0.39, 0.29) is 29.0 Å². The molecule has 1 rings (SSSR count). The van der Waals surface area contributed by atoms with Crippen LogP contribution in [0.5, 0.6) is 5.75 Å². The highest BCUT2D eigenvalue weighted by atomic mass is 32.2. The van der Waals surface area contributed by atoms with E-state index in [1.807, 2.05) is 0 Å². The van der Waals surface area contributed by atoms with Crippen LogP contribution >= 0.6 is 11.8 Å². The molecule has 0 spiro atoms. The first kappa shape index (κ1) is 18.1. The summed E-state index contributed by atoms with van der Waals surface area (Å²) in [5.41, 5.74) is 0.894. The second kappa shape index (κ2) is 7.87. The lowest BCUT2D eigenvalue weighted by Gasteiger charge is -2.09. The van der Waals surface area contributed by atoms with E-state index in [1.165, 1.54) is 24.3 Å². The summed E-state index contributed by atoms with van der Waals surface area (Å²) < 4.78 is 66.7. The second-order valence-corrected chi connectivity index (χ2v) is 6.73. The van der Waals surface area contributed by atoms with Gasteiger partial charge in [0.25, 0.3) is 0 Å². The molecule has 0 amide bonds.